The number of rotatable bonds is 10. The molecule has 0 saturated carbocycles. The van der Waals surface area contributed by atoms with E-state index in [1.54, 1.807) is 13.0 Å². The summed E-state index contributed by atoms with van der Waals surface area (Å²) >= 11 is 0. The largest absolute Gasteiger partial charge is 0.488 e. The third-order valence-electron chi connectivity index (χ3n) is 4.43. The molecule has 0 spiro atoms. The normalized spacial score (nSPS) is 10.7. The molecular weight excluding hydrogens is 368 g/mol. The van der Waals surface area contributed by atoms with Crippen molar-refractivity contribution in [1.29, 1.82) is 0 Å². The van der Waals surface area contributed by atoms with Crippen LogP contribution in [0, 0.1) is 12.8 Å². The van der Waals surface area contributed by atoms with Crippen LogP contribution in [0.4, 0.5) is 0 Å². The van der Waals surface area contributed by atoms with Crippen LogP contribution in [0.5, 0.6) is 5.75 Å². The molecule has 0 aliphatic carbocycles. The van der Waals surface area contributed by atoms with E-state index in [0.29, 0.717) is 23.8 Å². The van der Waals surface area contributed by atoms with Crippen molar-refractivity contribution in [3.8, 4) is 5.75 Å². The van der Waals surface area contributed by atoms with E-state index < -0.39 is 24.0 Å². The Morgan fingerprint density at radius 3 is 2.34 bits per heavy atom. The van der Waals surface area contributed by atoms with Crippen LogP contribution >= 0.6 is 0 Å². The van der Waals surface area contributed by atoms with E-state index in [-0.39, 0.29) is 6.61 Å². The minimum absolute atomic E-state index is 0.0905. The highest BCUT2D eigenvalue weighted by Crippen LogP contribution is 2.27. The molecular formula is C24H28O5. The molecule has 0 aromatic heterocycles. The predicted molar refractivity (Wildman–Crippen MR) is 111 cm³/mol. The van der Waals surface area contributed by atoms with Gasteiger partial charge in [-0.25, -0.2) is 4.79 Å². The molecule has 0 radical (unpaired) electrons. The van der Waals surface area contributed by atoms with E-state index in [1.807, 2.05) is 43.3 Å². The van der Waals surface area contributed by atoms with Gasteiger partial charge in [-0.15, -0.1) is 0 Å². The molecule has 0 aliphatic heterocycles. The first-order valence-electron chi connectivity index (χ1n) is 9.85. The SMILES string of the molecule is CCOC(=O)C(=O)CC(=O)c1cc(CC(C)C)c(C)cc1OCc1ccccc1. The molecule has 29 heavy (non-hydrogen) atoms. The zero-order chi connectivity index (χ0) is 21.4. The molecule has 2 aromatic rings. The monoisotopic (exact) mass is 396 g/mol. The summed E-state index contributed by atoms with van der Waals surface area (Å²) in [6, 6.07) is 13.3. The van der Waals surface area contributed by atoms with Gasteiger partial charge in [-0.3, -0.25) is 9.59 Å². The van der Waals surface area contributed by atoms with Gasteiger partial charge in [0.15, 0.2) is 5.78 Å². The molecule has 0 fully saturated rings. The molecule has 0 amide bonds. The van der Waals surface area contributed by atoms with Crippen molar-refractivity contribution in [3.63, 3.8) is 0 Å². The summed E-state index contributed by atoms with van der Waals surface area (Å²) in [5, 5.41) is 0. The van der Waals surface area contributed by atoms with Gasteiger partial charge in [-0.1, -0.05) is 44.2 Å². The second-order valence-corrected chi connectivity index (χ2v) is 7.39. The fourth-order valence-electron chi connectivity index (χ4n) is 2.98. The average Bonchev–Trinajstić information content (AvgIpc) is 2.68. The van der Waals surface area contributed by atoms with Crippen LogP contribution in [-0.4, -0.2) is 24.1 Å². The number of aryl methyl sites for hydroxylation is 1. The minimum Gasteiger partial charge on any atom is -0.488 e. The van der Waals surface area contributed by atoms with Gasteiger partial charge in [-0.2, -0.15) is 0 Å². The number of ether oxygens (including phenoxy) is 2. The first-order valence-corrected chi connectivity index (χ1v) is 9.85. The summed E-state index contributed by atoms with van der Waals surface area (Å²) in [5.41, 5.74) is 3.34. The molecule has 0 saturated heterocycles. The molecule has 0 heterocycles. The molecule has 5 nitrogen and oxygen atoms in total. The highest BCUT2D eigenvalue weighted by Gasteiger charge is 2.23. The Morgan fingerprint density at radius 2 is 1.72 bits per heavy atom. The Morgan fingerprint density at radius 1 is 1.03 bits per heavy atom. The van der Waals surface area contributed by atoms with E-state index in [0.717, 1.165) is 23.1 Å². The van der Waals surface area contributed by atoms with Crippen LogP contribution in [0.3, 0.4) is 0 Å². The Bertz CT molecular complexity index is 868. The predicted octanol–water partition coefficient (Wildman–Crippen LogP) is 4.48. The lowest BCUT2D eigenvalue weighted by atomic mass is 9.93. The fraction of sp³-hybridized carbons (Fsp3) is 0.375. The third-order valence-corrected chi connectivity index (χ3v) is 4.43. The number of Topliss-reactive ketones (excluding diaryl/α,β-unsaturated/α-hetero) is 2. The number of hydrogen-bond donors (Lipinski definition) is 0. The topological polar surface area (TPSA) is 69.7 Å². The van der Waals surface area contributed by atoms with E-state index in [1.165, 1.54) is 0 Å². The molecule has 2 rings (SSSR count). The lowest BCUT2D eigenvalue weighted by Gasteiger charge is -2.16. The molecule has 5 heteroatoms. The van der Waals surface area contributed by atoms with Crippen molar-refractivity contribution in [2.75, 3.05) is 6.61 Å². The second kappa shape index (κ2) is 10.6. The molecule has 0 aliphatic rings. The van der Waals surface area contributed by atoms with Crippen LogP contribution in [0.25, 0.3) is 0 Å². The van der Waals surface area contributed by atoms with Gasteiger partial charge in [0.2, 0.25) is 5.78 Å². The van der Waals surface area contributed by atoms with Gasteiger partial charge in [-0.05, 0) is 55.0 Å². The van der Waals surface area contributed by atoms with Gasteiger partial charge < -0.3 is 9.47 Å². The van der Waals surface area contributed by atoms with Crippen LogP contribution < -0.4 is 4.74 Å². The molecule has 0 atom stereocenters. The summed E-state index contributed by atoms with van der Waals surface area (Å²) in [7, 11) is 0. The van der Waals surface area contributed by atoms with Crippen molar-refractivity contribution >= 4 is 17.5 Å². The number of carbonyl (C=O) groups is 3. The zero-order valence-electron chi connectivity index (χ0n) is 17.5. The van der Waals surface area contributed by atoms with E-state index in [9.17, 15) is 14.4 Å². The lowest BCUT2D eigenvalue weighted by molar-refractivity contribution is -0.153. The molecule has 2 aromatic carbocycles. The van der Waals surface area contributed by atoms with Crippen LogP contribution in [-0.2, 0) is 27.4 Å². The second-order valence-electron chi connectivity index (χ2n) is 7.39. The Hall–Kier alpha value is -2.95. The van der Waals surface area contributed by atoms with Crippen molar-refractivity contribution in [2.24, 2.45) is 5.92 Å². The molecule has 0 N–H and O–H groups in total. The van der Waals surface area contributed by atoms with Crippen molar-refractivity contribution < 1.29 is 23.9 Å². The summed E-state index contributed by atoms with van der Waals surface area (Å²) in [5.74, 6) is -1.45. The molecule has 154 valence electrons. The van der Waals surface area contributed by atoms with Gasteiger partial charge in [0.05, 0.1) is 18.6 Å². The first-order chi connectivity index (χ1) is 13.8. The van der Waals surface area contributed by atoms with E-state index in [2.05, 4.69) is 13.8 Å². The van der Waals surface area contributed by atoms with Gasteiger partial charge in [0, 0.05) is 0 Å². The van der Waals surface area contributed by atoms with Crippen LogP contribution in [0.15, 0.2) is 42.5 Å². The summed E-state index contributed by atoms with van der Waals surface area (Å²) in [4.78, 5) is 36.5. The highest BCUT2D eigenvalue weighted by atomic mass is 16.5. The first kappa shape index (κ1) is 22.3. The Labute approximate surface area is 172 Å². The lowest BCUT2D eigenvalue weighted by Crippen LogP contribution is -2.21. The fourth-order valence-corrected chi connectivity index (χ4v) is 2.98. The number of carbonyl (C=O) groups excluding carboxylic acids is 3. The quantitative estimate of drug-likeness (QED) is 0.256. The number of ketones is 2. The van der Waals surface area contributed by atoms with Crippen molar-refractivity contribution in [2.45, 2.75) is 47.1 Å². The van der Waals surface area contributed by atoms with Gasteiger partial charge in [0.25, 0.3) is 0 Å². The maximum atomic E-state index is 12.8. The van der Waals surface area contributed by atoms with E-state index in [4.69, 9.17) is 9.47 Å². The minimum atomic E-state index is -0.984. The third kappa shape index (κ3) is 6.56. The van der Waals surface area contributed by atoms with E-state index >= 15 is 0 Å². The zero-order valence-corrected chi connectivity index (χ0v) is 17.5. The summed E-state index contributed by atoms with van der Waals surface area (Å²) in [6.07, 6.45) is 0.265. The number of hydrogen-bond acceptors (Lipinski definition) is 5. The van der Waals surface area contributed by atoms with Gasteiger partial charge >= 0.3 is 5.97 Å². The summed E-state index contributed by atoms with van der Waals surface area (Å²) in [6.45, 7) is 8.19. The molecule has 0 unspecified atom stereocenters. The standard InChI is InChI=1S/C24H28O5/c1-5-28-24(27)22(26)14-21(25)20-13-19(11-16(2)3)17(4)12-23(20)29-15-18-9-7-6-8-10-18/h6-10,12-13,16H,5,11,14-15H2,1-4H3. The number of benzene rings is 2. The Kier molecular flexibility index (Phi) is 8.13. The highest BCUT2D eigenvalue weighted by molar-refractivity contribution is 6.38. The van der Waals surface area contributed by atoms with Crippen LogP contribution in [0.2, 0.25) is 0 Å². The maximum absolute atomic E-state index is 12.8. The van der Waals surface area contributed by atoms with Gasteiger partial charge in [0.1, 0.15) is 12.4 Å². The van der Waals surface area contributed by atoms with Crippen molar-refractivity contribution in [3.05, 3.63) is 64.7 Å². The number of esters is 1. The summed E-state index contributed by atoms with van der Waals surface area (Å²) < 4.78 is 10.6. The molecule has 0 bridgehead atoms. The average molecular weight is 396 g/mol. The smallest absolute Gasteiger partial charge is 0.375 e. The van der Waals surface area contributed by atoms with Crippen LogP contribution in [0.1, 0.15) is 54.2 Å². The Balaban J connectivity index is 2.30. The maximum Gasteiger partial charge on any atom is 0.375 e. The van der Waals surface area contributed by atoms with Crippen molar-refractivity contribution in [1.82, 2.24) is 0 Å².